The molecule has 1 aromatic carbocycles. The molecule has 2 atom stereocenters. The van der Waals surface area contributed by atoms with Gasteiger partial charge in [-0.15, -0.1) is 0 Å². The zero-order valence-electron chi connectivity index (χ0n) is 16.5. The third kappa shape index (κ3) is 5.02. The molecule has 1 spiro atoms. The van der Waals surface area contributed by atoms with Gasteiger partial charge in [0.05, 0.1) is 20.1 Å². The summed E-state index contributed by atoms with van der Waals surface area (Å²) >= 11 is 0. The van der Waals surface area contributed by atoms with Crippen molar-refractivity contribution in [2.45, 2.75) is 77.0 Å². The Morgan fingerprint density at radius 3 is 2.50 bits per heavy atom. The number of carbonyl (C=O) groups excluding carboxylic acids is 1. The van der Waals surface area contributed by atoms with E-state index in [1.54, 1.807) is 0 Å². The van der Waals surface area contributed by atoms with E-state index < -0.39 is 0 Å². The van der Waals surface area contributed by atoms with Crippen molar-refractivity contribution in [2.24, 2.45) is 11.3 Å². The van der Waals surface area contributed by atoms with Gasteiger partial charge in [0.2, 0.25) is 0 Å². The summed E-state index contributed by atoms with van der Waals surface area (Å²) < 4.78 is 10.9. The van der Waals surface area contributed by atoms with Crippen molar-refractivity contribution >= 4 is 5.97 Å². The smallest absolute Gasteiger partial charge is 0.306 e. The Bertz CT molecular complexity index is 566. The van der Waals surface area contributed by atoms with Gasteiger partial charge in [0.15, 0.2) is 0 Å². The van der Waals surface area contributed by atoms with E-state index in [1.807, 2.05) is 12.1 Å². The maximum absolute atomic E-state index is 11.4. The minimum atomic E-state index is -0.160. The number of benzene rings is 1. The van der Waals surface area contributed by atoms with Gasteiger partial charge in [-0.1, -0.05) is 44.7 Å². The fourth-order valence-electron chi connectivity index (χ4n) is 5.04. The van der Waals surface area contributed by atoms with Crippen molar-refractivity contribution < 1.29 is 14.3 Å². The maximum Gasteiger partial charge on any atom is 0.306 e. The summed E-state index contributed by atoms with van der Waals surface area (Å²) in [5.41, 5.74) is 1.79. The predicted molar refractivity (Wildman–Crippen MR) is 104 cm³/mol. The zero-order valence-corrected chi connectivity index (χ0v) is 16.5. The molecule has 3 heteroatoms. The van der Waals surface area contributed by atoms with Crippen molar-refractivity contribution in [3.63, 3.8) is 0 Å². The van der Waals surface area contributed by atoms with Crippen LogP contribution >= 0.6 is 0 Å². The molecule has 0 aliphatic heterocycles. The number of hydrogen-bond acceptors (Lipinski definition) is 3. The first-order valence-corrected chi connectivity index (χ1v) is 10.4. The molecule has 0 N–H and O–H groups in total. The highest BCUT2D eigenvalue weighted by atomic mass is 16.5. The highest BCUT2D eigenvalue weighted by molar-refractivity contribution is 5.70. The van der Waals surface area contributed by atoms with E-state index in [-0.39, 0.29) is 11.9 Å². The van der Waals surface area contributed by atoms with Crippen LogP contribution in [0.2, 0.25) is 0 Å². The van der Waals surface area contributed by atoms with Crippen LogP contribution in [0.5, 0.6) is 5.75 Å². The summed E-state index contributed by atoms with van der Waals surface area (Å²) in [6, 6.07) is 8.24. The van der Waals surface area contributed by atoms with Crippen LogP contribution in [0.3, 0.4) is 0 Å². The van der Waals surface area contributed by atoms with E-state index in [4.69, 9.17) is 9.47 Å². The van der Waals surface area contributed by atoms with Gasteiger partial charge < -0.3 is 9.47 Å². The lowest BCUT2D eigenvalue weighted by molar-refractivity contribution is -0.140. The highest BCUT2D eigenvalue weighted by Crippen LogP contribution is 2.49. The van der Waals surface area contributed by atoms with Crippen LogP contribution < -0.4 is 4.74 Å². The van der Waals surface area contributed by atoms with Gasteiger partial charge in [-0.3, -0.25) is 4.79 Å². The molecule has 2 aliphatic carbocycles. The fourth-order valence-corrected chi connectivity index (χ4v) is 5.04. The average molecular weight is 359 g/mol. The van der Waals surface area contributed by atoms with Gasteiger partial charge in [0.25, 0.3) is 0 Å². The molecule has 0 heterocycles. The second-order valence-electron chi connectivity index (χ2n) is 8.58. The summed E-state index contributed by atoms with van der Waals surface area (Å²) in [5, 5.41) is 0. The quantitative estimate of drug-likeness (QED) is 0.596. The molecule has 1 unspecified atom stereocenters. The van der Waals surface area contributed by atoms with E-state index in [0.29, 0.717) is 17.8 Å². The maximum atomic E-state index is 11.4. The molecule has 3 nitrogen and oxygen atoms in total. The lowest BCUT2D eigenvalue weighted by atomic mass is 9.63. The SMILES string of the molecule is COC(=O)C[C@H](C)c1ccc(OCC2CCCC3(CCCCC3)C2)cc1. The lowest BCUT2D eigenvalue weighted by Gasteiger charge is -2.43. The van der Waals surface area contributed by atoms with Crippen molar-refractivity contribution in [1.82, 2.24) is 0 Å². The monoisotopic (exact) mass is 358 g/mol. The Morgan fingerprint density at radius 1 is 1.12 bits per heavy atom. The third-order valence-electron chi connectivity index (χ3n) is 6.59. The first-order chi connectivity index (χ1) is 12.6. The van der Waals surface area contributed by atoms with E-state index in [1.165, 1.54) is 64.9 Å². The average Bonchev–Trinajstić information content (AvgIpc) is 2.67. The summed E-state index contributed by atoms with van der Waals surface area (Å²) in [4.78, 5) is 11.4. The molecule has 144 valence electrons. The summed E-state index contributed by atoms with van der Waals surface area (Å²) in [7, 11) is 1.44. The van der Waals surface area contributed by atoms with Gasteiger partial charge in [0.1, 0.15) is 5.75 Å². The predicted octanol–water partition coefficient (Wildman–Crippen LogP) is 5.87. The first kappa shape index (κ1) is 19.3. The molecular weight excluding hydrogens is 324 g/mol. The summed E-state index contributed by atoms with van der Waals surface area (Å²) in [6.45, 7) is 2.90. The summed E-state index contributed by atoms with van der Waals surface area (Å²) in [5.74, 6) is 1.66. The molecule has 0 radical (unpaired) electrons. The van der Waals surface area contributed by atoms with Crippen LogP contribution in [0, 0.1) is 11.3 Å². The molecule has 0 saturated heterocycles. The molecule has 26 heavy (non-hydrogen) atoms. The number of carbonyl (C=O) groups is 1. The molecule has 2 fully saturated rings. The number of ether oxygens (including phenoxy) is 2. The molecular formula is C23H34O3. The molecule has 0 aromatic heterocycles. The number of esters is 1. The Hall–Kier alpha value is -1.51. The van der Waals surface area contributed by atoms with Crippen LogP contribution in [-0.4, -0.2) is 19.7 Å². The van der Waals surface area contributed by atoms with Gasteiger partial charge in [-0.25, -0.2) is 0 Å². The topological polar surface area (TPSA) is 35.5 Å². The molecule has 3 rings (SSSR count). The van der Waals surface area contributed by atoms with E-state index >= 15 is 0 Å². The van der Waals surface area contributed by atoms with Crippen LogP contribution in [0.1, 0.15) is 82.6 Å². The van der Waals surface area contributed by atoms with Crippen LogP contribution in [0.25, 0.3) is 0 Å². The van der Waals surface area contributed by atoms with E-state index in [9.17, 15) is 4.79 Å². The van der Waals surface area contributed by atoms with Gasteiger partial charge >= 0.3 is 5.97 Å². The van der Waals surface area contributed by atoms with Crippen LogP contribution in [0.4, 0.5) is 0 Å². The van der Waals surface area contributed by atoms with Crippen molar-refractivity contribution in [3.05, 3.63) is 29.8 Å². The number of methoxy groups -OCH3 is 1. The second-order valence-corrected chi connectivity index (χ2v) is 8.58. The highest BCUT2D eigenvalue weighted by Gasteiger charge is 2.37. The van der Waals surface area contributed by atoms with Crippen LogP contribution in [-0.2, 0) is 9.53 Å². The Labute approximate surface area is 158 Å². The van der Waals surface area contributed by atoms with E-state index in [2.05, 4.69) is 19.1 Å². The fraction of sp³-hybridized carbons (Fsp3) is 0.696. The first-order valence-electron chi connectivity index (χ1n) is 10.4. The Kier molecular flexibility index (Phi) is 6.61. The Balaban J connectivity index is 1.49. The molecule has 2 saturated carbocycles. The van der Waals surface area contributed by atoms with Gasteiger partial charge in [0, 0.05) is 0 Å². The third-order valence-corrected chi connectivity index (χ3v) is 6.59. The van der Waals surface area contributed by atoms with Crippen LogP contribution in [0.15, 0.2) is 24.3 Å². The molecule has 1 aromatic rings. The molecule has 2 aliphatic rings. The minimum Gasteiger partial charge on any atom is -0.493 e. The Morgan fingerprint density at radius 2 is 1.81 bits per heavy atom. The van der Waals surface area contributed by atoms with Crippen molar-refractivity contribution in [2.75, 3.05) is 13.7 Å². The largest absolute Gasteiger partial charge is 0.493 e. The zero-order chi connectivity index (χ0) is 18.4. The van der Waals surface area contributed by atoms with Crippen molar-refractivity contribution in [3.8, 4) is 5.75 Å². The molecule has 0 bridgehead atoms. The second kappa shape index (κ2) is 8.92. The summed E-state index contributed by atoms with van der Waals surface area (Å²) in [6.07, 6.45) is 13.1. The van der Waals surface area contributed by atoms with Crippen molar-refractivity contribution in [1.29, 1.82) is 0 Å². The normalized spacial score (nSPS) is 23.4. The van der Waals surface area contributed by atoms with Gasteiger partial charge in [-0.2, -0.15) is 0 Å². The number of hydrogen-bond donors (Lipinski definition) is 0. The number of rotatable bonds is 6. The molecule has 0 amide bonds. The standard InChI is InChI=1S/C23H34O3/c1-18(15-22(24)25-2)20-8-10-21(11-9-20)26-17-19-7-6-14-23(16-19)12-4-3-5-13-23/h8-11,18-19H,3-7,12-17H2,1-2H3/t18-,19?/m0/s1. The lowest BCUT2D eigenvalue weighted by Crippen LogP contribution is -2.33. The minimum absolute atomic E-state index is 0.160. The van der Waals surface area contributed by atoms with E-state index in [0.717, 1.165) is 17.9 Å². The van der Waals surface area contributed by atoms with Gasteiger partial charge in [-0.05, 0) is 67.1 Å².